The minimum Gasteiger partial charge on any atom is -0.460 e. The van der Waals surface area contributed by atoms with Crippen LogP contribution in [0.15, 0.2) is 60.0 Å². The Labute approximate surface area is 195 Å². The van der Waals surface area contributed by atoms with Gasteiger partial charge in [-0.25, -0.2) is 10.1 Å². The molecule has 3 rings (SSSR count). The van der Waals surface area contributed by atoms with Gasteiger partial charge in [-0.15, -0.1) is 0 Å². The molecular formula is C21H27F2N4O6P. The van der Waals surface area contributed by atoms with Crippen LogP contribution in [0, 0.1) is 0 Å². The quantitative estimate of drug-likeness (QED) is 0.343. The van der Waals surface area contributed by atoms with Crippen molar-refractivity contribution in [2.45, 2.75) is 43.9 Å². The van der Waals surface area contributed by atoms with Crippen molar-refractivity contribution in [3.05, 3.63) is 60.6 Å². The summed E-state index contributed by atoms with van der Waals surface area (Å²) in [5.41, 5.74) is 6.30. The Kier molecular flexibility index (Phi) is 7.89. The molecule has 1 aromatic rings. The highest BCUT2D eigenvalue weighted by Crippen LogP contribution is 2.43. The fourth-order valence-electron chi connectivity index (χ4n) is 3.32. The van der Waals surface area contributed by atoms with Gasteiger partial charge in [0, 0.05) is 12.9 Å². The number of nitrogens with zero attached hydrogens (tertiary/aromatic N) is 2. The second kappa shape index (κ2) is 10.3. The van der Waals surface area contributed by atoms with E-state index in [4.69, 9.17) is 19.7 Å². The van der Waals surface area contributed by atoms with Crippen molar-refractivity contribution >= 4 is 19.3 Å². The number of aliphatic imine (C=N–C) groups is 1. The summed E-state index contributed by atoms with van der Waals surface area (Å²) in [5.74, 6) is -4.40. The highest BCUT2D eigenvalue weighted by atomic mass is 31.2. The summed E-state index contributed by atoms with van der Waals surface area (Å²) in [6.07, 6.45) is -3.19. The lowest BCUT2D eigenvalue weighted by Crippen LogP contribution is -2.47. The maximum atomic E-state index is 14.7. The minimum atomic E-state index is -3.72. The van der Waals surface area contributed by atoms with Crippen LogP contribution >= 0.6 is 7.52 Å². The van der Waals surface area contributed by atoms with E-state index in [1.54, 1.807) is 24.3 Å². The largest absolute Gasteiger partial charge is 0.460 e. The number of rotatable bonds is 9. The maximum absolute atomic E-state index is 14.7. The average molecular weight is 500 g/mol. The number of halogens is 2. The van der Waals surface area contributed by atoms with Gasteiger partial charge in [-0.2, -0.15) is 8.78 Å². The number of hydrogen-bond acceptors (Lipinski definition) is 9. The molecule has 1 aromatic carbocycles. The molecule has 0 saturated carbocycles. The first kappa shape index (κ1) is 26.0. The summed E-state index contributed by atoms with van der Waals surface area (Å²) in [4.78, 5) is 16.9. The van der Waals surface area contributed by atoms with Gasteiger partial charge in [0.05, 0.1) is 6.61 Å². The molecule has 2 aliphatic heterocycles. The Morgan fingerprint density at radius 2 is 2.12 bits per heavy atom. The monoisotopic (exact) mass is 500 g/mol. The van der Waals surface area contributed by atoms with Crippen molar-refractivity contribution in [2.75, 3.05) is 13.3 Å². The number of aliphatic hydroxyl groups is 1. The molecule has 0 amide bonds. The van der Waals surface area contributed by atoms with Crippen molar-refractivity contribution in [3.63, 3.8) is 0 Å². The fourth-order valence-corrected chi connectivity index (χ4v) is 4.63. The van der Waals surface area contributed by atoms with E-state index in [2.05, 4.69) is 16.7 Å². The van der Waals surface area contributed by atoms with Gasteiger partial charge < -0.3 is 29.7 Å². The van der Waals surface area contributed by atoms with Crippen LogP contribution in [0.4, 0.5) is 8.78 Å². The third-order valence-corrected chi connectivity index (χ3v) is 6.58. The van der Waals surface area contributed by atoms with Crippen LogP contribution in [0.1, 0.15) is 12.5 Å². The maximum Gasteiger partial charge on any atom is 0.323 e. The smallest absolute Gasteiger partial charge is 0.323 e. The molecule has 0 radical (unpaired) electrons. The number of carbonyl (C=O) groups excluding carboxylic acids is 1. The van der Waals surface area contributed by atoms with Gasteiger partial charge in [0.1, 0.15) is 30.4 Å². The molecule has 2 heterocycles. The van der Waals surface area contributed by atoms with Crippen LogP contribution in [0.3, 0.4) is 0 Å². The number of hydrogen-bond donors (Lipinski definition) is 3. The fraction of sp³-hybridized carbons (Fsp3) is 0.429. The van der Waals surface area contributed by atoms with E-state index in [1.165, 1.54) is 25.9 Å². The number of aliphatic hydroxyl groups excluding tert-OH is 1. The van der Waals surface area contributed by atoms with E-state index in [0.717, 1.165) is 10.5 Å². The van der Waals surface area contributed by atoms with Crippen molar-refractivity contribution in [2.24, 2.45) is 10.7 Å². The zero-order valence-electron chi connectivity index (χ0n) is 18.6. The highest BCUT2D eigenvalue weighted by Gasteiger charge is 2.61. The number of nitrogens with two attached hydrogens (primary N) is 1. The molecule has 4 N–H and O–H groups in total. The lowest BCUT2D eigenvalue weighted by molar-refractivity contribution is -0.148. The van der Waals surface area contributed by atoms with Gasteiger partial charge in [-0.05, 0) is 18.6 Å². The zero-order chi connectivity index (χ0) is 25.1. The first-order valence-electron chi connectivity index (χ1n) is 10.3. The molecule has 0 bridgehead atoms. The van der Waals surface area contributed by atoms with Crippen LogP contribution in [0.2, 0.25) is 0 Å². The number of ether oxygens (including phenoxy) is 2. The van der Waals surface area contributed by atoms with Gasteiger partial charge in [0.25, 0.3) is 7.52 Å². The highest BCUT2D eigenvalue weighted by molar-refractivity contribution is 7.56. The molecule has 13 heteroatoms. The third kappa shape index (κ3) is 6.08. The lowest BCUT2D eigenvalue weighted by Gasteiger charge is -2.31. The molecule has 1 saturated heterocycles. The van der Waals surface area contributed by atoms with Crippen LogP contribution in [0.5, 0.6) is 0 Å². The van der Waals surface area contributed by atoms with Crippen molar-refractivity contribution < 1.29 is 37.2 Å². The summed E-state index contributed by atoms with van der Waals surface area (Å²) < 4.78 is 57.9. The molecule has 1 fully saturated rings. The topological polar surface area (TPSA) is 136 Å². The van der Waals surface area contributed by atoms with Gasteiger partial charge >= 0.3 is 11.9 Å². The Morgan fingerprint density at radius 1 is 1.44 bits per heavy atom. The summed E-state index contributed by atoms with van der Waals surface area (Å²) >= 11 is 0. The number of amidine groups is 1. The number of esters is 1. The zero-order valence-corrected chi connectivity index (χ0v) is 19.5. The number of nitrogens with one attached hydrogen (secondary N) is 1. The van der Waals surface area contributed by atoms with E-state index >= 15 is 0 Å². The summed E-state index contributed by atoms with van der Waals surface area (Å²) in [6, 6.07) is 7.98. The van der Waals surface area contributed by atoms with Crippen LogP contribution in [-0.4, -0.2) is 65.5 Å². The Hall–Kier alpha value is -2.63. The molecule has 0 unspecified atom stereocenters. The molecule has 186 valence electrons. The molecule has 0 spiro atoms. The van der Waals surface area contributed by atoms with Crippen LogP contribution < -0.4 is 10.8 Å². The van der Waals surface area contributed by atoms with Gasteiger partial charge in [-0.1, -0.05) is 36.9 Å². The Morgan fingerprint density at radius 3 is 2.76 bits per heavy atom. The predicted molar refractivity (Wildman–Crippen MR) is 120 cm³/mol. The lowest BCUT2D eigenvalue weighted by atomic mass is 10.1. The SMILES string of the molecule is C=C1N=C(N)C=CN1[C@@H]1O[C@H](CO[P@](C)(=O)N[C@@H](C)C(=O)OCc2ccccc2)[C@H](O)C1(F)F. The van der Waals surface area contributed by atoms with Crippen molar-refractivity contribution in [3.8, 4) is 0 Å². The molecule has 34 heavy (non-hydrogen) atoms. The average Bonchev–Trinajstić information content (AvgIpc) is 3.00. The number of carbonyl (C=O) groups is 1. The third-order valence-electron chi connectivity index (χ3n) is 5.08. The minimum absolute atomic E-state index is 0.0328. The normalized spacial score (nSPS) is 26.6. The van der Waals surface area contributed by atoms with E-state index in [9.17, 15) is 23.2 Å². The van der Waals surface area contributed by atoms with Gasteiger partial charge in [0.15, 0.2) is 6.10 Å². The first-order valence-corrected chi connectivity index (χ1v) is 12.4. The van der Waals surface area contributed by atoms with Crippen molar-refractivity contribution in [1.29, 1.82) is 0 Å². The van der Waals surface area contributed by atoms with Crippen LogP contribution in [0.25, 0.3) is 0 Å². The molecule has 5 atom stereocenters. The van der Waals surface area contributed by atoms with Gasteiger partial charge in [0.2, 0.25) is 6.23 Å². The Bertz CT molecular complexity index is 1020. The number of alkyl halides is 2. The summed E-state index contributed by atoms with van der Waals surface area (Å²) in [5, 5.41) is 12.6. The molecule has 10 nitrogen and oxygen atoms in total. The molecule has 2 aliphatic rings. The first-order chi connectivity index (χ1) is 15.9. The predicted octanol–water partition coefficient (Wildman–Crippen LogP) is 1.93. The van der Waals surface area contributed by atoms with Crippen molar-refractivity contribution in [1.82, 2.24) is 9.99 Å². The second-order valence-electron chi connectivity index (χ2n) is 7.91. The van der Waals surface area contributed by atoms with E-state index in [1.807, 2.05) is 6.07 Å². The van der Waals surface area contributed by atoms with Crippen LogP contribution in [-0.2, 0) is 30.0 Å². The summed E-state index contributed by atoms with van der Waals surface area (Å²) in [6.45, 7) is 5.57. The second-order valence-corrected chi connectivity index (χ2v) is 10.1. The standard InChI is InChI=1S/C21H27F2N4O6P/c1-13(19(29)31-11-15-7-5-4-6-8-15)26-34(3,30)32-12-16-18(28)21(22,23)20(33-16)27-10-9-17(24)25-14(27)2/h4-10,13,16,18,20,28H,2,11-12H2,1,3H3,(H2,24,25)(H,26,30)/t13-,16+,18-,20+,34-/m0/s1. The van der Waals surface area contributed by atoms with E-state index in [0.29, 0.717) is 0 Å². The van der Waals surface area contributed by atoms with Gasteiger partial charge in [-0.3, -0.25) is 9.36 Å². The number of benzene rings is 1. The summed E-state index contributed by atoms with van der Waals surface area (Å²) in [7, 11) is -3.66. The van der Waals surface area contributed by atoms with E-state index in [-0.39, 0.29) is 18.3 Å². The Balaban J connectivity index is 1.54. The molecule has 0 aliphatic carbocycles. The molecular weight excluding hydrogens is 473 g/mol. The molecule has 0 aromatic heterocycles. The van der Waals surface area contributed by atoms with E-state index < -0.39 is 50.5 Å².